The molecule has 0 atom stereocenters. The van der Waals surface area contributed by atoms with E-state index in [1.807, 2.05) is 31.2 Å². The van der Waals surface area contributed by atoms with E-state index in [0.717, 1.165) is 25.4 Å². The molecular formula is C14H20N2O2. The molecule has 1 aliphatic heterocycles. The number of carbonyl (C=O) groups excluding carboxylic acids is 1. The summed E-state index contributed by atoms with van der Waals surface area (Å²) in [7, 11) is 0. The van der Waals surface area contributed by atoms with Crippen LogP contribution in [-0.2, 0) is 9.53 Å². The van der Waals surface area contributed by atoms with Gasteiger partial charge < -0.3 is 15.4 Å². The largest absolute Gasteiger partial charge is 0.380 e. The molecule has 1 saturated heterocycles. The maximum atomic E-state index is 11.7. The lowest BCUT2D eigenvalue weighted by Crippen LogP contribution is -2.48. The summed E-state index contributed by atoms with van der Waals surface area (Å²) in [6, 6.07) is 7.79. The van der Waals surface area contributed by atoms with Crippen molar-refractivity contribution < 1.29 is 9.53 Å². The second kappa shape index (κ2) is 5.50. The Balaban J connectivity index is 1.70. The zero-order valence-corrected chi connectivity index (χ0v) is 11.0. The first-order valence-corrected chi connectivity index (χ1v) is 6.22. The van der Waals surface area contributed by atoms with Crippen molar-refractivity contribution in [2.24, 2.45) is 5.41 Å². The monoisotopic (exact) mass is 248 g/mol. The first-order chi connectivity index (χ1) is 8.57. The van der Waals surface area contributed by atoms with Crippen molar-refractivity contribution in [3.8, 4) is 0 Å². The van der Waals surface area contributed by atoms with Gasteiger partial charge in [0.2, 0.25) is 5.91 Å². The molecule has 0 aromatic heterocycles. The van der Waals surface area contributed by atoms with Crippen LogP contribution in [0.1, 0.15) is 12.5 Å². The van der Waals surface area contributed by atoms with E-state index < -0.39 is 0 Å². The highest BCUT2D eigenvalue weighted by Gasteiger charge is 2.32. The lowest BCUT2D eigenvalue weighted by Gasteiger charge is -2.38. The summed E-state index contributed by atoms with van der Waals surface area (Å²) in [5.41, 5.74) is 2.22. The van der Waals surface area contributed by atoms with Crippen molar-refractivity contribution in [1.82, 2.24) is 5.32 Å². The first kappa shape index (κ1) is 13.1. The van der Waals surface area contributed by atoms with Gasteiger partial charge in [-0.2, -0.15) is 0 Å². The smallest absolute Gasteiger partial charge is 0.238 e. The standard InChI is InChI=1S/C14H20N2O2/c1-11-3-5-12(6-4-11)16-13(17)7-15-8-14(2)9-18-10-14/h3-6,15H,7-10H2,1-2H3,(H,16,17). The van der Waals surface area contributed by atoms with Gasteiger partial charge in [0.1, 0.15) is 0 Å². The quantitative estimate of drug-likeness (QED) is 0.831. The summed E-state index contributed by atoms with van der Waals surface area (Å²) in [4.78, 5) is 11.7. The average Bonchev–Trinajstić information content (AvgIpc) is 2.30. The molecule has 1 aromatic carbocycles. The predicted molar refractivity (Wildman–Crippen MR) is 71.6 cm³/mol. The molecule has 4 nitrogen and oxygen atoms in total. The molecule has 18 heavy (non-hydrogen) atoms. The number of ether oxygens (including phenoxy) is 1. The zero-order valence-electron chi connectivity index (χ0n) is 11.0. The summed E-state index contributed by atoms with van der Waals surface area (Å²) in [5, 5.41) is 6.03. The third kappa shape index (κ3) is 3.55. The van der Waals surface area contributed by atoms with Gasteiger partial charge in [0.25, 0.3) is 0 Å². The number of carbonyl (C=O) groups is 1. The van der Waals surface area contributed by atoms with Crippen LogP contribution in [0.3, 0.4) is 0 Å². The minimum absolute atomic E-state index is 0.0114. The lowest BCUT2D eigenvalue weighted by atomic mass is 9.89. The van der Waals surface area contributed by atoms with Gasteiger partial charge in [-0.1, -0.05) is 24.6 Å². The number of anilines is 1. The Hall–Kier alpha value is -1.39. The fraction of sp³-hybridized carbons (Fsp3) is 0.500. The SMILES string of the molecule is Cc1ccc(NC(=O)CNCC2(C)COC2)cc1. The first-order valence-electron chi connectivity index (χ1n) is 6.22. The molecule has 0 radical (unpaired) electrons. The topological polar surface area (TPSA) is 50.4 Å². The number of hydrogen-bond acceptors (Lipinski definition) is 3. The Kier molecular flexibility index (Phi) is 3.99. The molecule has 1 heterocycles. The molecule has 0 bridgehead atoms. The summed E-state index contributed by atoms with van der Waals surface area (Å²) >= 11 is 0. The van der Waals surface area contributed by atoms with Crippen molar-refractivity contribution in [2.45, 2.75) is 13.8 Å². The number of nitrogens with one attached hydrogen (secondary N) is 2. The van der Waals surface area contributed by atoms with E-state index >= 15 is 0 Å². The molecule has 1 aromatic rings. The van der Waals surface area contributed by atoms with E-state index in [1.54, 1.807) is 0 Å². The summed E-state index contributed by atoms with van der Waals surface area (Å²) in [5.74, 6) is -0.0114. The number of hydrogen-bond donors (Lipinski definition) is 2. The van der Waals surface area contributed by atoms with Gasteiger partial charge in [-0.05, 0) is 19.1 Å². The minimum atomic E-state index is -0.0114. The highest BCUT2D eigenvalue weighted by atomic mass is 16.5. The number of benzene rings is 1. The number of aryl methyl sites for hydroxylation is 1. The summed E-state index contributed by atoms with van der Waals surface area (Å²) < 4.78 is 5.16. The van der Waals surface area contributed by atoms with E-state index in [0.29, 0.717) is 6.54 Å². The third-order valence-electron chi connectivity index (χ3n) is 3.07. The van der Waals surface area contributed by atoms with Gasteiger partial charge in [-0.3, -0.25) is 4.79 Å². The highest BCUT2D eigenvalue weighted by Crippen LogP contribution is 2.24. The molecule has 1 aliphatic rings. The van der Waals surface area contributed by atoms with Gasteiger partial charge in [-0.25, -0.2) is 0 Å². The molecule has 0 spiro atoms. The van der Waals surface area contributed by atoms with Crippen molar-refractivity contribution >= 4 is 11.6 Å². The summed E-state index contributed by atoms with van der Waals surface area (Å²) in [6.07, 6.45) is 0. The van der Waals surface area contributed by atoms with Crippen molar-refractivity contribution in [2.75, 3.05) is 31.6 Å². The second-order valence-electron chi connectivity index (χ2n) is 5.32. The molecular weight excluding hydrogens is 228 g/mol. The fourth-order valence-electron chi connectivity index (χ4n) is 1.87. The van der Waals surface area contributed by atoms with E-state index in [1.165, 1.54) is 5.56 Å². The molecule has 1 amide bonds. The maximum Gasteiger partial charge on any atom is 0.238 e. The fourth-order valence-corrected chi connectivity index (χ4v) is 1.87. The van der Waals surface area contributed by atoms with Crippen molar-refractivity contribution in [3.05, 3.63) is 29.8 Å². The van der Waals surface area contributed by atoms with Gasteiger partial charge >= 0.3 is 0 Å². The Morgan fingerprint density at radius 2 is 2.00 bits per heavy atom. The normalized spacial score (nSPS) is 17.0. The van der Waals surface area contributed by atoms with Gasteiger partial charge in [0.05, 0.1) is 19.8 Å². The molecule has 2 rings (SSSR count). The molecule has 0 unspecified atom stereocenters. The van der Waals surface area contributed by atoms with Crippen LogP contribution >= 0.6 is 0 Å². The van der Waals surface area contributed by atoms with Gasteiger partial charge in [-0.15, -0.1) is 0 Å². The van der Waals surface area contributed by atoms with Crippen LogP contribution in [-0.4, -0.2) is 32.2 Å². The lowest BCUT2D eigenvalue weighted by molar-refractivity contribution is -0.117. The molecule has 2 N–H and O–H groups in total. The molecule has 1 fully saturated rings. The third-order valence-corrected chi connectivity index (χ3v) is 3.07. The van der Waals surface area contributed by atoms with Crippen LogP contribution < -0.4 is 10.6 Å². The van der Waals surface area contributed by atoms with E-state index in [-0.39, 0.29) is 11.3 Å². The van der Waals surface area contributed by atoms with Crippen LogP contribution in [0, 0.1) is 12.3 Å². The van der Waals surface area contributed by atoms with Gasteiger partial charge in [0, 0.05) is 17.6 Å². The maximum absolute atomic E-state index is 11.7. The Morgan fingerprint density at radius 1 is 1.33 bits per heavy atom. The van der Waals surface area contributed by atoms with Crippen LogP contribution in [0.25, 0.3) is 0 Å². The summed E-state index contributed by atoms with van der Waals surface area (Å²) in [6.45, 7) is 6.88. The molecule has 4 heteroatoms. The Morgan fingerprint density at radius 3 is 2.56 bits per heavy atom. The minimum Gasteiger partial charge on any atom is -0.380 e. The Bertz CT molecular complexity index is 410. The average molecular weight is 248 g/mol. The van der Waals surface area contributed by atoms with E-state index in [4.69, 9.17) is 4.74 Å². The second-order valence-corrected chi connectivity index (χ2v) is 5.32. The van der Waals surface area contributed by atoms with Crippen LogP contribution in [0.2, 0.25) is 0 Å². The highest BCUT2D eigenvalue weighted by molar-refractivity contribution is 5.92. The van der Waals surface area contributed by atoms with Crippen LogP contribution in [0.15, 0.2) is 24.3 Å². The molecule has 98 valence electrons. The number of rotatable bonds is 5. The van der Waals surface area contributed by atoms with Crippen molar-refractivity contribution in [3.63, 3.8) is 0 Å². The predicted octanol–water partition coefficient (Wildman–Crippen LogP) is 1.56. The zero-order chi connectivity index (χ0) is 13.0. The van der Waals surface area contributed by atoms with Crippen LogP contribution in [0.5, 0.6) is 0 Å². The molecule has 0 saturated carbocycles. The van der Waals surface area contributed by atoms with E-state index in [2.05, 4.69) is 17.6 Å². The van der Waals surface area contributed by atoms with Crippen molar-refractivity contribution in [1.29, 1.82) is 0 Å². The van der Waals surface area contributed by atoms with Crippen LogP contribution in [0.4, 0.5) is 5.69 Å². The van der Waals surface area contributed by atoms with E-state index in [9.17, 15) is 4.79 Å². The van der Waals surface area contributed by atoms with Gasteiger partial charge in [0.15, 0.2) is 0 Å². The Labute approximate surface area is 108 Å². The number of amides is 1. The molecule has 0 aliphatic carbocycles.